The number of hydrogen-bond acceptors (Lipinski definition) is 5. The molecule has 0 fully saturated rings. The number of nitrogens with zero attached hydrogens (tertiary/aromatic N) is 1. The van der Waals surface area contributed by atoms with Gasteiger partial charge in [-0.3, -0.25) is 9.59 Å². The van der Waals surface area contributed by atoms with Crippen molar-refractivity contribution >= 4 is 68.1 Å². The van der Waals surface area contributed by atoms with Gasteiger partial charge in [-0.25, -0.2) is 4.98 Å². The highest BCUT2D eigenvalue weighted by atomic mass is 35.5. The monoisotopic (exact) mass is 503 g/mol. The van der Waals surface area contributed by atoms with Gasteiger partial charge in [0.2, 0.25) is 5.91 Å². The van der Waals surface area contributed by atoms with Crippen molar-refractivity contribution in [2.24, 2.45) is 0 Å². The van der Waals surface area contributed by atoms with Gasteiger partial charge in [0.25, 0.3) is 5.56 Å². The van der Waals surface area contributed by atoms with E-state index in [2.05, 4.69) is 41.3 Å². The topological polar surface area (TPSA) is 74.8 Å². The molecule has 0 unspecified atom stereocenters. The zero-order valence-corrected chi connectivity index (χ0v) is 20.4. The van der Waals surface area contributed by atoms with E-state index in [0.29, 0.717) is 37.0 Å². The molecule has 2 aromatic carbocycles. The fraction of sp³-hybridized carbons (Fsp3) is 0.174. The van der Waals surface area contributed by atoms with Gasteiger partial charge in [-0.2, -0.15) is 0 Å². The Morgan fingerprint density at radius 2 is 1.84 bits per heavy atom. The van der Waals surface area contributed by atoms with Crippen LogP contribution in [0, 0.1) is 0 Å². The number of aromatic nitrogens is 2. The normalized spacial score (nSPS) is 11.3. The van der Waals surface area contributed by atoms with E-state index >= 15 is 0 Å². The summed E-state index contributed by atoms with van der Waals surface area (Å²) in [6, 6.07) is 13.1. The van der Waals surface area contributed by atoms with E-state index in [9.17, 15) is 9.59 Å². The summed E-state index contributed by atoms with van der Waals surface area (Å²) in [7, 11) is 0. The standard InChI is InChI=1S/C23H19Cl2N3O2S2/c1-12(2)13-3-5-14(6-4-13)18-10-31-22-20(18)21(30)27-23(28-22)32-11-19(29)26-17-8-15(24)7-16(25)9-17/h3-10,12H,11H2,1-2H3,(H,26,29)(H,27,28,30). The predicted octanol–water partition coefficient (Wildman–Crippen LogP) is 6.81. The molecule has 4 aromatic rings. The molecule has 164 valence electrons. The van der Waals surface area contributed by atoms with Gasteiger partial charge in [-0.1, -0.05) is 73.1 Å². The summed E-state index contributed by atoms with van der Waals surface area (Å²) in [5.41, 5.74) is 3.38. The summed E-state index contributed by atoms with van der Waals surface area (Å²) in [6.07, 6.45) is 0. The van der Waals surface area contributed by atoms with E-state index in [0.717, 1.165) is 22.9 Å². The number of fused-ring (bicyclic) bond motifs is 1. The second kappa shape index (κ2) is 9.67. The van der Waals surface area contributed by atoms with Crippen LogP contribution in [-0.4, -0.2) is 21.6 Å². The van der Waals surface area contributed by atoms with Crippen molar-refractivity contribution in [2.45, 2.75) is 24.9 Å². The second-order valence-corrected chi connectivity index (χ2v) is 10.2. The molecule has 2 heterocycles. The lowest BCUT2D eigenvalue weighted by atomic mass is 9.99. The number of nitrogens with one attached hydrogen (secondary N) is 2. The number of anilines is 1. The van der Waals surface area contributed by atoms with Crippen molar-refractivity contribution in [3.63, 3.8) is 0 Å². The maximum atomic E-state index is 12.8. The van der Waals surface area contributed by atoms with E-state index in [4.69, 9.17) is 23.2 Å². The molecular weight excluding hydrogens is 485 g/mol. The summed E-state index contributed by atoms with van der Waals surface area (Å²) in [6.45, 7) is 4.29. The van der Waals surface area contributed by atoms with Crippen molar-refractivity contribution in [2.75, 3.05) is 11.1 Å². The molecule has 32 heavy (non-hydrogen) atoms. The van der Waals surface area contributed by atoms with E-state index in [1.54, 1.807) is 18.2 Å². The number of hydrogen-bond donors (Lipinski definition) is 2. The first-order valence-corrected chi connectivity index (χ1v) is 12.4. The number of rotatable bonds is 6. The van der Waals surface area contributed by atoms with Crippen LogP contribution >= 0.6 is 46.3 Å². The molecule has 0 spiro atoms. The SMILES string of the molecule is CC(C)c1ccc(-c2csc3nc(SCC(=O)Nc4cc(Cl)cc(Cl)c4)[nH]c(=O)c23)cc1. The maximum absolute atomic E-state index is 12.8. The average molecular weight is 504 g/mol. The molecule has 0 saturated carbocycles. The number of H-pyrrole nitrogens is 1. The third kappa shape index (κ3) is 5.18. The highest BCUT2D eigenvalue weighted by molar-refractivity contribution is 7.99. The lowest BCUT2D eigenvalue weighted by Crippen LogP contribution is -2.15. The lowest BCUT2D eigenvalue weighted by Gasteiger charge is -2.07. The van der Waals surface area contributed by atoms with Crippen molar-refractivity contribution < 1.29 is 4.79 Å². The van der Waals surface area contributed by atoms with Crippen molar-refractivity contribution in [1.82, 2.24) is 9.97 Å². The first kappa shape index (κ1) is 22.9. The molecule has 9 heteroatoms. The molecule has 2 N–H and O–H groups in total. The number of aromatic amines is 1. The molecule has 4 rings (SSSR count). The van der Waals surface area contributed by atoms with Crippen LogP contribution in [0.4, 0.5) is 5.69 Å². The van der Waals surface area contributed by atoms with Crippen molar-refractivity contribution in [3.8, 4) is 11.1 Å². The average Bonchev–Trinajstić information content (AvgIpc) is 3.16. The zero-order chi connectivity index (χ0) is 22.8. The van der Waals surface area contributed by atoms with Crippen molar-refractivity contribution in [3.05, 3.63) is 73.8 Å². The Kier molecular flexibility index (Phi) is 6.90. The Hall–Kier alpha value is -2.32. The summed E-state index contributed by atoms with van der Waals surface area (Å²) in [5, 5.41) is 6.51. The van der Waals surface area contributed by atoms with Gasteiger partial charge in [0.1, 0.15) is 4.83 Å². The first-order valence-electron chi connectivity index (χ1n) is 9.81. The number of carbonyl (C=O) groups is 1. The Morgan fingerprint density at radius 1 is 1.16 bits per heavy atom. The smallest absolute Gasteiger partial charge is 0.260 e. The van der Waals surface area contributed by atoms with E-state index in [1.165, 1.54) is 16.9 Å². The van der Waals surface area contributed by atoms with Crippen molar-refractivity contribution in [1.29, 1.82) is 0 Å². The molecule has 1 amide bonds. The zero-order valence-electron chi connectivity index (χ0n) is 17.2. The fourth-order valence-electron chi connectivity index (χ4n) is 3.21. The Balaban J connectivity index is 1.50. The van der Waals surface area contributed by atoms with Gasteiger partial charge in [0.15, 0.2) is 5.16 Å². The van der Waals surface area contributed by atoms with Crippen LogP contribution in [0.2, 0.25) is 10.0 Å². The quantitative estimate of drug-likeness (QED) is 0.223. The van der Waals surface area contributed by atoms with Crippen LogP contribution in [0.25, 0.3) is 21.3 Å². The number of benzene rings is 2. The molecule has 0 bridgehead atoms. The predicted molar refractivity (Wildman–Crippen MR) is 136 cm³/mol. The molecule has 2 aromatic heterocycles. The Bertz CT molecular complexity index is 1330. The van der Waals surface area contributed by atoms with Crippen LogP contribution < -0.4 is 10.9 Å². The third-order valence-electron chi connectivity index (χ3n) is 4.80. The number of amides is 1. The van der Waals surface area contributed by atoms with Gasteiger partial charge >= 0.3 is 0 Å². The Morgan fingerprint density at radius 3 is 2.50 bits per heavy atom. The largest absolute Gasteiger partial charge is 0.325 e. The number of halogens is 2. The molecule has 0 radical (unpaired) electrons. The van der Waals surface area contributed by atoms with Gasteiger partial charge in [0, 0.05) is 26.7 Å². The van der Waals surface area contributed by atoms with E-state index in [1.807, 2.05) is 17.5 Å². The fourth-order valence-corrected chi connectivity index (χ4v) is 5.41. The van der Waals surface area contributed by atoms with Gasteiger partial charge < -0.3 is 10.3 Å². The third-order valence-corrected chi connectivity index (χ3v) is 6.98. The van der Waals surface area contributed by atoms with Gasteiger partial charge in [-0.05, 0) is 35.2 Å². The van der Waals surface area contributed by atoms with Gasteiger partial charge in [0.05, 0.1) is 11.1 Å². The highest BCUT2D eigenvalue weighted by Gasteiger charge is 2.14. The Labute approximate surface area is 203 Å². The van der Waals surface area contributed by atoms with Crippen LogP contribution in [0.5, 0.6) is 0 Å². The molecule has 5 nitrogen and oxygen atoms in total. The summed E-state index contributed by atoms with van der Waals surface area (Å²) >= 11 is 14.5. The van der Waals surface area contributed by atoms with Crippen LogP contribution in [0.1, 0.15) is 25.3 Å². The number of thioether (sulfide) groups is 1. The number of thiophene rings is 1. The summed E-state index contributed by atoms with van der Waals surface area (Å²) in [4.78, 5) is 33.1. The van der Waals surface area contributed by atoms with E-state index < -0.39 is 0 Å². The molecular formula is C23H19Cl2N3O2S2. The first-order chi connectivity index (χ1) is 15.3. The number of carbonyl (C=O) groups excluding carboxylic acids is 1. The molecule has 0 aliphatic carbocycles. The van der Waals surface area contributed by atoms with Crippen LogP contribution in [0.3, 0.4) is 0 Å². The molecule has 0 saturated heterocycles. The summed E-state index contributed by atoms with van der Waals surface area (Å²) < 4.78 is 0. The van der Waals surface area contributed by atoms with Crippen LogP contribution in [0.15, 0.2) is 57.8 Å². The van der Waals surface area contributed by atoms with E-state index in [-0.39, 0.29) is 17.2 Å². The highest BCUT2D eigenvalue weighted by Crippen LogP contribution is 2.32. The summed E-state index contributed by atoms with van der Waals surface area (Å²) in [5.74, 6) is 0.266. The molecule has 0 aliphatic rings. The minimum atomic E-state index is -0.256. The lowest BCUT2D eigenvalue weighted by molar-refractivity contribution is -0.113. The minimum absolute atomic E-state index is 0.0769. The van der Waals surface area contributed by atoms with Gasteiger partial charge in [-0.15, -0.1) is 11.3 Å². The van der Waals surface area contributed by atoms with Crippen LogP contribution in [-0.2, 0) is 4.79 Å². The molecule has 0 aliphatic heterocycles. The maximum Gasteiger partial charge on any atom is 0.260 e. The minimum Gasteiger partial charge on any atom is -0.325 e. The molecule has 0 atom stereocenters. The second-order valence-electron chi connectivity index (χ2n) is 7.47.